The van der Waals surface area contributed by atoms with Gasteiger partial charge in [-0.1, -0.05) is 19.1 Å². The average molecular weight is 383 g/mol. The van der Waals surface area contributed by atoms with Gasteiger partial charge in [0.2, 0.25) is 11.8 Å². The summed E-state index contributed by atoms with van der Waals surface area (Å²) in [5.41, 5.74) is 2.06. The second kappa shape index (κ2) is 8.65. The van der Waals surface area contributed by atoms with E-state index < -0.39 is 17.8 Å². The van der Waals surface area contributed by atoms with Gasteiger partial charge in [0.15, 0.2) is 0 Å². The van der Waals surface area contributed by atoms with Crippen LogP contribution in [0.3, 0.4) is 0 Å². The summed E-state index contributed by atoms with van der Waals surface area (Å²) in [5, 5.41) is 5.45. The summed E-state index contributed by atoms with van der Waals surface area (Å²) in [5.74, 6) is -1.58. The van der Waals surface area contributed by atoms with Crippen LogP contribution in [-0.4, -0.2) is 41.8 Å². The zero-order valence-electron chi connectivity index (χ0n) is 15.6. The predicted octanol–water partition coefficient (Wildman–Crippen LogP) is 2.36. The van der Waals surface area contributed by atoms with Crippen molar-refractivity contribution < 1.29 is 18.8 Å². The molecule has 1 saturated heterocycles. The predicted molar refractivity (Wildman–Crippen MR) is 103 cm³/mol. The van der Waals surface area contributed by atoms with Crippen molar-refractivity contribution in [1.29, 1.82) is 0 Å². The number of halogens is 1. The fourth-order valence-corrected chi connectivity index (χ4v) is 3.13. The van der Waals surface area contributed by atoms with Gasteiger partial charge in [0.25, 0.3) is 5.91 Å². The first kappa shape index (κ1) is 19.5. The van der Waals surface area contributed by atoms with E-state index in [1.54, 1.807) is 12.1 Å². The second-order valence-electron chi connectivity index (χ2n) is 6.62. The number of hydrogen-bond acceptors (Lipinski definition) is 3. The quantitative estimate of drug-likeness (QED) is 0.832. The zero-order chi connectivity index (χ0) is 20.1. The standard InChI is InChI=1S/C21H22FN3O3/c1-2-14-3-9-17(10-4-14)24-19(26)13-18-20(27)23-11-12-25(18)21(28)15-5-7-16(22)8-6-15/h3-10,18H,2,11-13H2,1H3,(H,23,27)(H,24,26)/t18-/m1/s1. The molecule has 2 aromatic rings. The highest BCUT2D eigenvalue weighted by Gasteiger charge is 2.35. The molecule has 7 heteroatoms. The Kier molecular flexibility index (Phi) is 6.03. The summed E-state index contributed by atoms with van der Waals surface area (Å²) >= 11 is 0. The zero-order valence-corrected chi connectivity index (χ0v) is 15.6. The molecular weight excluding hydrogens is 361 g/mol. The molecule has 0 bridgehead atoms. The number of anilines is 1. The summed E-state index contributed by atoms with van der Waals surface area (Å²) in [6.45, 7) is 2.63. The molecule has 0 radical (unpaired) electrons. The topological polar surface area (TPSA) is 78.5 Å². The third kappa shape index (κ3) is 4.54. The molecule has 0 unspecified atom stereocenters. The van der Waals surface area contributed by atoms with E-state index in [0.29, 0.717) is 12.2 Å². The molecule has 1 heterocycles. The van der Waals surface area contributed by atoms with Crippen LogP contribution in [0, 0.1) is 5.82 Å². The van der Waals surface area contributed by atoms with Gasteiger partial charge in [-0.05, 0) is 48.4 Å². The number of piperazine rings is 1. The SMILES string of the molecule is CCc1ccc(NC(=O)C[C@@H]2C(=O)NCCN2C(=O)c2ccc(F)cc2)cc1. The maximum Gasteiger partial charge on any atom is 0.254 e. The summed E-state index contributed by atoms with van der Waals surface area (Å²) in [6, 6.07) is 11.7. The molecule has 0 saturated carbocycles. The monoisotopic (exact) mass is 383 g/mol. The van der Waals surface area contributed by atoms with E-state index in [2.05, 4.69) is 10.6 Å². The number of carbonyl (C=O) groups excluding carboxylic acids is 3. The lowest BCUT2D eigenvalue weighted by atomic mass is 10.1. The van der Waals surface area contributed by atoms with Crippen LogP contribution < -0.4 is 10.6 Å². The Morgan fingerprint density at radius 2 is 1.82 bits per heavy atom. The molecule has 1 fully saturated rings. The van der Waals surface area contributed by atoms with E-state index >= 15 is 0 Å². The summed E-state index contributed by atoms with van der Waals surface area (Å²) < 4.78 is 13.1. The lowest BCUT2D eigenvalue weighted by molar-refractivity contribution is -0.131. The van der Waals surface area contributed by atoms with Crippen molar-refractivity contribution in [1.82, 2.24) is 10.2 Å². The highest BCUT2D eigenvalue weighted by Crippen LogP contribution is 2.16. The van der Waals surface area contributed by atoms with Crippen LogP contribution in [0.4, 0.5) is 10.1 Å². The molecule has 6 nitrogen and oxygen atoms in total. The third-order valence-electron chi connectivity index (χ3n) is 4.71. The molecule has 1 atom stereocenters. The molecule has 3 rings (SSSR count). The first-order valence-electron chi connectivity index (χ1n) is 9.21. The van der Waals surface area contributed by atoms with Gasteiger partial charge in [-0.2, -0.15) is 0 Å². The minimum atomic E-state index is -0.916. The van der Waals surface area contributed by atoms with Crippen molar-refractivity contribution in [3.63, 3.8) is 0 Å². The Bertz CT molecular complexity index is 865. The van der Waals surface area contributed by atoms with Crippen molar-refractivity contribution in [2.45, 2.75) is 25.8 Å². The number of amides is 3. The number of hydrogen-bond donors (Lipinski definition) is 2. The average Bonchev–Trinajstić information content (AvgIpc) is 2.70. The van der Waals surface area contributed by atoms with Crippen molar-refractivity contribution in [2.24, 2.45) is 0 Å². The Labute approximate surface area is 162 Å². The number of aryl methyl sites for hydroxylation is 1. The van der Waals surface area contributed by atoms with Crippen LogP contribution in [-0.2, 0) is 16.0 Å². The fourth-order valence-electron chi connectivity index (χ4n) is 3.13. The Morgan fingerprint density at radius 1 is 1.14 bits per heavy atom. The van der Waals surface area contributed by atoms with Crippen LogP contribution in [0.1, 0.15) is 29.3 Å². The molecule has 146 valence electrons. The third-order valence-corrected chi connectivity index (χ3v) is 4.71. The van der Waals surface area contributed by atoms with Crippen molar-refractivity contribution in [3.8, 4) is 0 Å². The van der Waals surface area contributed by atoms with Crippen LogP contribution in [0.5, 0.6) is 0 Å². The Balaban J connectivity index is 1.71. The summed E-state index contributed by atoms with van der Waals surface area (Å²) in [6.07, 6.45) is 0.741. The number of benzene rings is 2. The number of rotatable bonds is 5. The summed E-state index contributed by atoms with van der Waals surface area (Å²) in [4.78, 5) is 38.9. The molecule has 0 spiro atoms. The second-order valence-corrected chi connectivity index (χ2v) is 6.62. The van der Waals surface area contributed by atoms with Gasteiger partial charge in [0, 0.05) is 24.3 Å². The van der Waals surface area contributed by atoms with Crippen molar-refractivity contribution in [2.75, 3.05) is 18.4 Å². The van der Waals surface area contributed by atoms with Crippen LogP contribution >= 0.6 is 0 Å². The first-order chi connectivity index (χ1) is 13.5. The number of nitrogens with zero attached hydrogens (tertiary/aromatic N) is 1. The van der Waals surface area contributed by atoms with E-state index in [1.807, 2.05) is 19.1 Å². The first-order valence-corrected chi connectivity index (χ1v) is 9.21. The minimum Gasteiger partial charge on any atom is -0.353 e. The molecule has 2 aromatic carbocycles. The number of nitrogens with one attached hydrogen (secondary N) is 2. The van der Waals surface area contributed by atoms with E-state index in [9.17, 15) is 18.8 Å². The molecule has 1 aliphatic rings. The number of carbonyl (C=O) groups is 3. The molecule has 2 N–H and O–H groups in total. The Morgan fingerprint density at radius 3 is 2.46 bits per heavy atom. The normalized spacial score (nSPS) is 16.4. The van der Waals surface area contributed by atoms with Gasteiger partial charge in [-0.25, -0.2) is 4.39 Å². The van der Waals surface area contributed by atoms with Crippen LogP contribution in [0.15, 0.2) is 48.5 Å². The smallest absolute Gasteiger partial charge is 0.254 e. The van der Waals surface area contributed by atoms with Crippen LogP contribution in [0.25, 0.3) is 0 Å². The van der Waals surface area contributed by atoms with Gasteiger partial charge >= 0.3 is 0 Å². The van der Waals surface area contributed by atoms with Gasteiger partial charge in [0.05, 0.1) is 6.42 Å². The molecular formula is C21H22FN3O3. The van der Waals surface area contributed by atoms with Crippen molar-refractivity contribution >= 4 is 23.4 Å². The van der Waals surface area contributed by atoms with E-state index in [-0.39, 0.29) is 30.3 Å². The maximum atomic E-state index is 13.1. The molecule has 0 aliphatic carbocycles. The van der Waals surface area contributed by atoms with E-state index in [0.717, 1.165) is 12.0 Å². The Hall–Kier alpha value is -3.22. The van der Waals surface area contributed by atoms with Gasteiger partial charge in [-0.15, -0.1) is 0 Å². The van der Waals surface area contributed by atoms with Gasteiger partial charge in [-0.3, -0.25) is 14.4 Å². The van der Waals surface area contributed by atoms with E-state index in [4.69, 9.17) is 0 Å². The summed E-state index contributed by atoms with van der Waals surface area (Å²) in [7, 11) is 0. The highest BCUT2D eigenvalue weighted by molar-refractivity contribution is 6.01. The minimum absolute atomic E-state index is 0.158. The maximum absolute atomic E-state index is 13.1. The van der Waals surface area contributed by atoms with Gasteiger partial charge in [0.1, 0.15) is 11.9 Å². The molecule has 0 aromatic heterocycles. The van der Waals surface area contributed by atoms with E-state index in [1.165, 1.54) is 29.2 Å². The van der Waals surface area contributed by atoms with Crippen LogP contribution in [0.2, 0.25) is 0 Å². The molecule has 28 heavy (non-hydrogen) atoms. The lowest BCUT2D eigenvalue weighted by Gasteiger charge is -2.34. The lowest BCUT2D eigenvalue weighted by Crippen LogP contribution is -2.58. The largest absolute Gasteiger partial charge is 0.353 e. The molecule has 3 amide bonds. The highest BCUT2D eigenvalue weighted by atomic mass is 19.1. The van der Waals surface area contributed by atoms with Gasteiger partial charge < -0.3 is 15.5 Å². The molecule has 1 aliphatic heterocycles. The fraction of sp³-hybridized carbons (Fsp3) is 0.286. The van der Waals surface area contributed by atoms with Crippen molar-refractivity contribution in [3.05, 3.63) is 65.5 Å².